The van der Waals surface area contributed by atoms with E-state index in [1.807, 2.05) is 0 Å². The Labute approximate surface area is 167 Å². The third-order valence-corrected chi connectivity index (χ3v) is 4.94. The number of carboxylic acid groups (broad SMARTS) is 1. The molecule has 29 heavy (non-hydrogen) atoms. The van der Waals surface area contributed by atoms with Gasteiger partial charge in [0.25, 0.3) is 0 Å². The van der Waals surface area contributed by atoms with Gasteiger partial charge < -0.3 is 19.9 Å². The summed E-state index contributed by atoms with van der Waals surface area (Å²) in [5.41, 5.74) is -0.0864. The predicted molar refractivity (Wildman–Crippen MR) is 98.8 cm³/mol. The van der Waals surface area contributed by atoms with Gasteiger partial charge in [0.1, 0.15) is 6.61 Å². The predicted octanol–water partition coefficient (Wildman–Crippen LogP) is 1.26. The van der Waals surface area contributed by atoms with Crippen LogP contribution in [0, 0.1) is 23.0 Å². The standard InChI is InChI=1S/C19H24F2N4O4/c20-16-6-13(8-22)7-17(21)18(16)28-5-4-25-11-14-9-24(10-15(12-25)29-14)3-1-2-23-19(26)27/h6-7,14-15,23H,1-5,9-12H2,(H,26,27). The van der Waals surface area contributed by atoms with Gasteiger partial charge in [0.05, 0.1) is 23.8 Å². The lowest BCUT2D eigenvalue weighted by molar-refractivity contribution is -0.139. The number of nitrogens with one attached hydrogen (secondary N) is 1. The lowest BCUT2D eigenvalue weighted by atomic mass is 10.1. The van der Waals surface area contributed by atoms with Crippen molar-refractivity contribution in [3.05, 3.63) is 29.3 Å². The van der Waals surface area contributed by atoms with E-state index >= 15 is 0 Å². The Bertz CT molecular complexity index is 736. The summed E-state index contributed by atoms with van der Waals surface area (Å²) in [6.45, 7) is 4.79. The van der Waals surface area contributed by atoms with Crippen LogP contribution < -0.4 is 10.1 Å². The van der Waals surface area contributed by atoms with E-state index in [4.69, 9.17) is 19.8 Å². The van der Waals surface area contributed by atoms with Crippen molar-refractivity contribution in [1.29, 1.82) is 5.26 Å². The fraction of sp³-hybridized carbons (Fsp3) is 0.579. The first-order valence-corrected chi connectivity index (χ1v) is 9.53. The SMILES string of the molecule is N#Cc1cc(F)c(OCCN2CC3CN(CCCNC(=O)O)CC(C2)O3)c(F)c1. The number of hydrogen-bond acceptors (Lipinski definition) is 6. The van der Waals surface area contributed by atoms with Gasteiger partial charge in [-0.2, -0.15) is 5.26 Å². The Morgan fingerprint density at radius 1 is 1.21 bits per heavy atom. The lowest BCUT2D eigenvalue weighted by Crippen LogP contribution is -2.60. The van der Waals surface area contributed by atoms with Gasteiger partial charge in [-0.3, -0.25) is 9.80 Å². The molecule has 2 fully saturated rings. The number of carbonyl (C=O) groups is 1. The second-order valence-electron chi connectivity index (χ2n) is 7.21. The monoisotopic (exact) mass is 410 g/mol. The Kier molecular flexibility index (Phi) is 7.19. The molecule has 0 aromatic heterocycles. The minimum absolute atomic E-state index is 0.0401. The first-order chi connectivity index (χ1) is 13.9. The highest BCUT2D eigenvalue weighted by molar-refractivity contribution is 5.64. The molecule has 2 unspecified atom stereocenters. The topological polar surface area (TPSA) is 98.1 Å². The molecule has 0 radical (unpaired) electrons. The third kappa shape index (κ3) is 6.00. The van der Waals surface area contributed by atoms with Crippen molar-refractivity contribution in [2.24, 2.45) is 0 Å². The smallest absolute Gasteiger partial charge is 0.404 e. The van der Waals surface area contributed by atoms with E-state index in [9.17, 15) is 13.6 Å². The van der Waals surface area contributed by atoms with Crippen molar-refractivity contribution >= 4 is 6.09 Å². The molecule has 3 rings (SSSR count). The Balaban J connectivity index is 1.42. The first-order valence-electron chi connectivity index (χ1n) is 9.53. The lowest BCUT2D eigenvalue weighted by Gasteiger charge is -2.45. The van der Waals surface area contributed by atoms with Gasteiger partial charge in [0, 0.05) is 45.8 Å². The van der Waals surface area contributed by atoms with Crippen molar-refractivity contribution in [1.82, 2.24) is 15.1 Å². The van der Waals surface area contributed by atoms with Crippen molar-refractivity contribution in [2.75, 3.05) is 52.4 Å². The highest BCUT2D eigenvalue weighted by atomic mass is 19.1. The average Bonchev–Trinajstić information content (AvgIpc) is 2.66. The molecule has 2 aliphatic rings. The van der Waals surface area contributed by atoms with Crippen LogP contribution in [0.3, 0.4) is 0 Å². The number of morpholine rings is 2. The Morgan fingerprint density at radius 3 is 2.34 bits per heavy atom. The summed E-state index contributed by atoms with van der Waals surface area (Å²) in [5, 5.41) is 19.7. The molecule has 8 nitrogen and oxygen atoms in total. The van der Waals surface area contributed by atoms with Crippen molar-refractivity contribution in [3.8, 4) is 11.8 Å². The molecule has 2 atom stereocenters. The van der Waals surface area contributed by atoms with E-state index in [1.165, 1.54) is 0 Å². The minimum atomic E-state index is -1.01. The maximum absolute atomic E-state index is 13.9. The zero-order valence-electron chi connectivity index (χ0n) is 15.9. The van der Waals surface area contributed by atoms with Crippen LogP contribution in [-0.4, -0.2) is 85.6 Å². The molecule has 1 amide bonds. The summed E-state index contributed by atoms with van der Waals surface area (Å²) in [6, 6.07) is 3.61. The van der Waals surface area contributed by atoms with Gasteiger partial charge in [-0.25, -0.2) is 13.6 Å². The summed E-state index contributed by atoms with van der Waals surface area (Å²) < 4.78 is 39.0. The van der Waals surface area contributed by atoms with Gasteiger partial charge in [0.2, 0.25) is 0 Å². The van der Waals surface area contributed by atoms with Gasteiger partial charge >= 0.3 is 6.09 Å². The Morgan fingerprint density at radius 2 is 1.79 bits per heavy atom. The van der Waals surface area contributed by atoms with Gasteiger partial charge in [-0.15, -0.1) is 0 Å². The fourth-order valence-corrected chi connectivity index (χ4v) is 3.76. The number of nitriles is 1. The van der Waals surface area contributed by atoms with E-state index in [-0.39, 0.29) is 24.4 Å². The maximum atomic E-state index is 13.9. The molecule has 0 saturated carbocycles. The van der Waals surface area contributed by atoms with Crippen molar-refractivity contribution in [2.45, 2.75) is 18.6 Å². The van der Waals surface area contributed by atoms with Crippen LogP contribution in [0.1, 0.15) is 12.0 Å². The average molecular weight is 410 g/mol. The summed E-state index contributed by atoms with van der Waals surface area (Å²) in [4.78, 5) is 14.9. The van der Waals surface area contributed by atoms with Crippen molar-refractivity contribution in [3.63, 3.8) is 0 Å². The molecule has 1 aromatic rings. The highest BCUT2D eigenvalue weighted by Crippen LogP contribution is 2.23. The molecule has 0 aliphatic carbocycles. The van der Waals surface area contributed by atoms with Crippen LogP contribution in [0.2, 0.25) is 0 Å². The molecule has 0 spiro atoms. The molecule has 158 valence electrons. The van der Waals surface area contributed by atoms with E-state index in [0.717, 1.165) is 38.2 Å². The zero-order chi connectivity index (χ0) is 20.8. The fourth-order valence-electron chi connectivity index (χ4n) is 3.76. The van der Waals surface area contributed by atoms with Gasteiger partial charge in [-0.05, 0) is 18.6 Å². The Hall–Kier alpha value is -2.48. The number of benzene rings is 1. The number of ether oxygens (including phenoxy) is 2. The van der Waals surface area contributed by atoms with Gasteiger partial charge in [-0.1, -0.05) is 0 Å². The molecule has 10 heteroatoms. The third-order valence-electron chi connectivity index (χ3n) is 4.94. The van der Waals surface area contributed by atoms with Crippen LogP contribution in [-0.2, 0) is 4.74 Å². The number of fused-ring (bicyclic) bond motifs is 2. The summed E-state index contributed by atoms with van der Waals surface area (Å²) >= 11 is 0. The molecular weight excluding hydrogens is 386 g/mol. The first kappa shape index (κ1) is 21.2. The highest BCUT2D eigenvalue weighted by Gasteiger charge is 2.34. The number of hydrogen-bond donors (Lipinski definition) is 2. The quantitative estimate of drug-likeness (QED) is 0.623. The van der Waals surface area contributed by atoms with E-state index < -0.39 is 23.5 Å². The van der Waals surface area contributed by atoms with Gasteiger partial charge in [0.15, 0.2) is 17.4 Å². The van der Waals surface area contributed by atoms with Crippen LogP contribution in [0.15, 0.2) is 12.1 Å². The van der Waals surface area contributed by atoms with Crippen molar-refractivity contribution < 1.29 is 28.2 Å². The largest absolute Gasteiger partial charge is 0.486 e. The molecule has 1 aromatic carbocycles. The molecule has 2 aliphatic heterocycles. The minimum Gasteiger partial charge on any atom is -0.486 e. The van der Waals surface area contributed by atoms with Crippen LogP contribution in [0.5, 0.6) is 5.75 Å². The number of amides is 1. The summed E-state index contributed by atoms with van der Waals surface area (Å²) in [7, 11) is 0. The summed E-state index contributed by atoms with van der Waals surface area (Å²) in [6.07, 6.45) is -0.190. The van der Waals surface area contributed by atoms with E-state index in [0.29, 0.717) is 26.2 Å². The molecule has 2 heterocycles. The van der Waals surface area contributed by atoms with E-state index in [2.05, 4.69) is 15.1 Å². The second-order valence-corrected chi connectivity index (χ2v) is 7.21. The van der Waals surface area contributed by atoms with E-state index in [1.54, 1.807) is 6.07 Å². The zero-order valence-corrected chi connectivity index (χ0v) is 15.9. The molecule has 2 N–H and O–H groups in total. The molecule has 2 bridgehead atoms. The summed E-state index contributed by atoms with van der Waals surface area (Å²) in [5.74, 6) is -2.22. The second kappa shape index (κ2) is 9.82. The number of rotatable bonds is 8. The molecular formula is C19H24F2N4O4. The normalized spacial score (nSPS) is 22.1. The maximum Gasteiger partial charge on any atom is 0.404 e. The number of halogens is 2. The van der Waals surface area contributed by atoms with Crippen LogP contribution >= 0.6 is 0 Å². The number of nitrogens with zero attached hydrogens (tertiary/aromatic N) is 3. The van der Waals surface area contributed by atoms with Crippen LogP contribution in [0.25, 0.3) is 0 Å². The van der Waals surface area contributed by atoms with Crippen LogP contribution in [0.4, 0.5) is 13.6 Å². The molecule has 2 saturated heterocycles.